The molecule has 1 N–H and O–H groups in total. The molecule has 3 heterocycles. The molecule has 0 radical (unpaired) electrons. The van der Waals surface area contributed by atoms with E-state index in [1.54, 1.807) is 7.05 Å². The number of halogens is 5. The molecule has 176 valence electrons. The number of pyridine rings is 1. The first-order valence-electron chi connectivity index (χ1n) is 9.95. The number of hydrogen-bond donors (Lipinski definition) is 1. The summed E-state index contributed by atoms with van der Waals surface area (Å²) < 4.78 is 71.3. The highest BCUT2D eigenvalue weighted by atomic mass is 19.4. The van der Waals surface area contributed by atoms with Gasteiger partial charge in [-0.25, -0.2) is 9.67 Å². The van der Waals surface area contributed by atoms with E-state index in [2.05, 4.69) is 10.1 Å². The summed E-state index contributed by atoms with van der Waals surface area (Å²) in [5.74, 6) is -0.918. The second kappa shape index (κ2) is 8.16. The van der Waals surface area contributed by atoms with Crippen LogP contribution in [0.5, 0.6) is 11.6 Å². The Morgan fingerprint density at radius 2 is 1.97 bits per heavy atom. The molecule has 1 atom stereocenters. The van der Waals surface area contributed by atoms with Gasteiger partial charge in [0, 0.05) is 25.6 Å². The van der Waals surface area contributed by atoms with Crippen LogP contribution in [-0.2, 0) is 11.0 Å². The van der Waals surface area contributed by atoms with E-state index in [-0.39, 0.29) is 52.6 Å². The number of hydrogen-bond acceptors (Lipinski definition) is 5. The number of aromatic hydroxyl groups is 1. The third-order valence-electron chi connectivity index (χ3n) is 5.56. The molecule has 1 aliphatic heterocycles. The maximum absolute atomic E-state index is 13.1. The van der Waals surface area contributed by atoms with Crippen molar-refractivity contribution in [3.63, 3.8) is 0 Å². The number of benzene rings is 1. The smallest absolute Gasteiger partial charge is 0.416 e. The van der Waals surface area contributed by atoms with Crippen molar-refractivity contribution in [2.45, 2.75) is 38.6 Å². The standard InChI is InChI=1S/C21H19F5N4O3/c1-10-7-11(21(24,25)26)8-15(31)17(10)14-5-4-13-18(27-14)28-30(19(13)33-20(22)23)12-3-6-16(32)29(2)9-12/h4-5,7-8,12,20,31H,3,6,9H2,1-2H3. The lowest BCUT2D eigenvalue weighted by Crippen LogP contribution is -2.38. The molecule has 1 amide bonds. The van der Waals surface area contributed by atoms with Crippen LogP contribution in [-0.4, -0.2) is 50.9 Å². The number of phenols is 1. The van der Waals surface area contributed by atoms with Crippen LogP contribution < -0.4 is 4.74 Å². The van der Waals surface area contributed by atoms with Crippen molar-refractivity contribution in [1.82, 2.24) is 19.7 Å². The number of likely N-dealkylation sites (N-methyl/N-ethyl adjacent to an activating group) is 1. The van der Waals surface area contributed by atoms with Crippen molar-refractivity contribution in [2.75, 3.05) is 13.6 Å². The molecule has 1 saturated heterocycles. The maximum Gasteiger partial charge on any atom is 0.416 e. The lowest BCUT2D eigenvalue weighted by molar-refractivity contribution is -0.137. The minimum atomic E-state index is -4.63. The molecule has 3 aromatic rings. The summed E-state index contributed by atoms with van der Waals surface area (Å²) in [6, 6.07) is 3.86. The van der Waals surface area contributed by atoms with E-state index in [0.717, 1.165) is 6.07 Å². The van der Waals surface area contributed by atoms with Gasteiger partial charge in [0.15, 0.2) is 5.65 Å². The van der Waals surface area contributed by atoms with Crippen molar-refractivity contribution >= 4 is 16.9 Å². The molecule has 7 nitrogen and oxygen atoms in total. The number of rotatable bonds is 4. The number of amides is 1. The van der Waals surface area contributed by atoms with Crippen LogP contribution in [0.4, 0.5) is 22.0 Å². The van der Waals surface area contributed by atoms with Crippen LogP contribution in [0, 0.1) is 6.92 Å². The fourth-order valence-corrected chi connectivity index (χ4v) is 4.01. The average Bonchev–Trinajstić information content (AvgIpc) is 3.06. The van der Waals surface area contributed by atoms with Crippen molar-refractivity contribution in [1.29, 1.82) is 0 Å². The topological polar surface area (TPSA) is 80.5 Å². The summed E-state index contributed by atoms with van der Waals surface area (Å²) in [7, 11) is 1.60. The lowest BCUT2D eigenvalue weighted by Gasteiger charge is -2.30. The molecule has 1 aliphatic rings. The number of fused-ring (bicyclic) bond motifs is 1. The number of phenolic OH excluding ortho intramolecular Hbond substituents is 1. The molecule has 0 bridgehead atoms. The Morgan fingerprint density at radius 3 is 2.58 bits per heavy atom. The van der Waals surface area contributed by atoms with Gasteiger partial charge in [-0.1, -0.05) is 0 Å². The summed E-state index contributed by atoms with van der Waals surface area (Å²) in [6.07, 6.45) is -4.06. The van der Waals surface area contributed by atoms with Crippen LogP contribution in [0.15, 0.2) is 24.3 Å². The maximum atomic E-state index is 13.1. The molecule has 2 aromatic heterocycles. The Hall–Kier alpha value is -3.44. The van der Waals surface area contributed by atoms with Crippen LogP contribution >= 0.6 is 0 Å². The molecular weight excluding hydrogens is 451 g/mol. The van der Waals surface area contributed by atoms with Gasteiger partial charge < -0.3 is 14.7 Å². The van der Waals surface area contributed by atoms with Gasteiger partial charge >= 0.3 is 12.8 Å². The highest BCUT2D eigenvalue weighted by Crippen LogP contribution is 2.40. The van der Waals surface area contributed by atoms with Crippen LogP contribution in [0.2, 0.25) is 0 Å². The van der Waals surface area contributed by atoms with E-state index in [0.29, 0.717) is 12.5 Å². The zero-order valence-corrected chi connectivity index (χ0v) is 17.5. The molecule has 1 fully saturated rings. The van der Waals surface area contributed by atoms with Crippen LogP contribution in [0.3, 0.4) is 0 Å². The third-order valence-corrected chi connectivity index (χ3v) is 5.56. The number of aromatic nitrogens is 3. The number of ether oxygens (including phenoxy) is 1. The van der Waals surface area contributed by atoms with E-state index in [9.17, 15) is 31.9 Å². The van der Waals surface area contributed by atoms with Crippen molar-refractivity contribution in [3.05, 3.63) is 35.4 Å². The summed E-state index contributed by atoms with van der Waals surface area (Å²) in [5, 5.41) is 14.7. The van der Waals surface area contributed by atoms with Crippen LogP contribution in [0.25, 0.3) is 22.3 Å². The first-order valence-corrected chi connectivity index (χ1v) is 9.95. The second-order valence-corrected chi connectivity index (χ2v) is 7.85. The summed E-state index contributed by atoms with van der Waals surface area (Å²) in [5.41, 5.74) is -0.671. The van der Waals surface area contributed by atoms with Crippen LogP contribution in [0.1, 0.15) is 30.0 Å². The van der Waals surface area contributed by atoms with E-state index >= 15 is 0 Å². The highest BCUT2D eigenvalue weighted by molar-refractivity contribution is 5.85. The fraction of sp³-hybridized carbons (Fsp3) is 0.381. The van der Waals surface area contributed by atoms with Gasteiger partial charge in [0.05, 0.1) is 22.7 Å². The number of piperidine rings is 1. The zero-order chi connectivity index (χ0) is 24.1. The highest BCUT2D eigenvalue weighted by Gasteiger charge is 2.33. The predicted octanol–water partition coefficient (Wildman–Crippen LogP) is 4.53. The number of likely N-dealkylation sites (tertiary alicyclic amines) is 1. The average molecular weight is 470 g/mol. The van der Waals surface area contributed by atoms with E-state index in [1.165, 1.54) is 28.6 Å². The van der Waals surface area contributed by atoms with Gasteiger partial charge in [0.2, 0.25) is 11.8 Å². The third kappa shape index (κ3) is 4.29. The predicted molar refractivity (Wildman–Crippen MR) is 107 cm³/mol. The Balaban J connectivity index is 1.81. The Morgan fingerprint density at radius 1 is 1.24 bits per heavy atom. The summed E-state index contributed by atoms with van der Waals surface area (Å²) >= 11 is 0. The number of nitrogens with zero attached hydrogens (tertiary/aromatic N) is 4. The fourth-order valence-electron chi connectivity index (χ4n) is 4.01. The van der Waals surface area contributed by atoms with Gasteiger partial charge in [0.1, 0.15) is 5.75 Å². The van der Waals surface area contributed by atoms with Gasteiger partial charge in [-0.2, -0.15) is 22.0 Å². The number of carbonyl (C=O) groups is 1. The van der Waals surface area contributed by atoms with Gasteiger partial charge in [0.25, 0.3) is 0 Å². The molecule has 4 rings (SSSR count). The lowest BCUT2D eigenvalue weighted by atomic mass is 10.00. The first-order chi connectivity index (χ1) is 15.5. The van der Waals surface area contributed by atoms with Crippen molar-refractivity contribution < 1.29 is 36.6 Å². The van der Waals surface area contributed by atoms with Gasteiger partial charge in [-0.05, 0) is 43.2 Å². The van der Waals surface area contributed by atoms with Gasteiger partial charge in [-0.15, -0.1) is 5.10 Å². The molecule has 0 aliphatic carbocycles. The summed E-state index contributed by atoms with van der Waals surface area (Å²) in [6.45, 7) is -1.50. The number of alkyl halides is 5. The quantitative estimate of drug-likeness (QED) is 0.567. The Bertz CT molecular complexity index is 1200. The summed E-state index contributed by atoms with van der Waals surface area (Å²) in [4.78, 5) is 17.6. The number of aryl methyl sites for hydroxylation is 1. The molecular formula is C21H19F5N4O3. The largest absolute Gasteiger partial charge is 0.507 e. The Kier molecular flexibility index (Phi) is 5.62. The zero-order valence-electron chi connectivity index (χ0n) is 17.5. The molecule has 0 spiro atoms. The first kappa shape index (κ1) is 22.7. The minimum Gasteiger partial charge on any atom is -0.507 e. The van der Waals surface area contributed by atoms with E-state index in [1.807, 2.05) is 0 Å². The van der Waals surface area contributed by atoms with Crippen molar-refractivity contribution in [2.24, 2.45) is 0 Å². The minimum absolute atomic E-state index is 0.0152. The molecule has 33 heavy (non-hydrogen) atoms. The Labute approximate surface area is 184 Å². The van der Waals surface area contributed by atoms with Gasteiger partial charge in [-0.3, -0.25) is 4.79 Å². The van der Waals surface area contributed by atoms with Crippen molar-refractivity contribution in [3.8, 4) is 22.9 Å². The number of carbonyl (C=O) groups excluding carboxylic acids is 1. The SMILES string of the molecule is Cc1cc(C(F)(F)F)cc(O)c1-c1ccc2c(OC(F)F)n(C3CCC(=O)N(C)C3)nc2n1. The van der Waals surface area contributed by atoms with E-state index < -0.39 is 30.1 Å². The van der Waals surface area contributed by atoms with E-state index in [4.69, 9.17) is 4.74 Å². The second-order valence-electron chi connectivity index (χ2n) is 7.85. The molecule has 12 heteroatoms. The molecule has 1 aromatic carbocycles. The molecule has 0 saturated carbocycles. The molecule has 1 unspecified atom stereocenters. The monoisotopic (exact) mass is 470 g/mol. The normalized spacial score (nSPS) is 17.3.